The summed E-state index contributed by atoms with van der Waals surface area (Å²) < 4.78 is 0. The number of hydrogen-bond acceptors (Lipinski definition) is 3. The van der Waals surface area contributed by atoms with E-state index in [9.17, 15) is 9.59 Å². The van der Waals surface area contributed by atoms with Gasteiger partial charge in [0.2, 0.25) is 5.91 Å². The van der Waals surface area contributed by atoms with Gasteiger partial charge in [0.25, 0.3) is 5.91 Å². The van der Waals surface area contributed by atoms with E-state index < -0.39 is 0 Å². The molecule has 4 nitrogen and oxygen atoms in total. The third-order valence-corrected chi connectivity index (χ3v) is 5.69. The highest BCUT2D eigenvalue weighted by molar-refractivity contribution is 7.80. The van der Waals surface area contributed by atoms with Gasteiger partial charge in [-0.1, -0.05) is 31.4 Å². The quantitative estimate of drug-likeness (QED) is 0.791. The van der Waals surface area contributed by atoms with Crippen LogP contribution in [0.25, 0.3) is 0 Å². The highest BCUT2D eigenvalue weighted by Gasteiger charge is 2.34. The Morgan fingerprint density at radius 1 is 1.04 bits per heavy atom. The van der Waals surface area contributed by atoms with Crippen LogP contribution in [-0.2, 0) is 4.79 Å². The Balaban J connectivity index is 1.66. The fourth-order valence-corrected chi connectivity index (χ4v) is 4.19. The highest BCUT2D eigenvalue weighted by Crippen LogP contribution is 2.32. The van der Waals surface area contributed by atoms with E-state index in [4.69, 9.17) is 0 Å². The van der Waals surface area contributed by atoms with Gasteiger partial charge in [0, 0.05) is 24.4 Å². The zero-order chi connectivity index (χ0) is 17.6. The van der Waals surface area contributed by atoms with Crippen molar-refractivity contribution in [1.29, 1.82) is 0 Å². The second-order valence-electron chi connectivity index (χ2n) is 7.13. The highest BCUT2D eigenvalue weighted by atomic mass is 32.1. The van der Waals surface area contributed by atoms with Crippen LogP contribution >= 0.6 is 12.6 Å². The topological polar surface area (TPSA) is 49.4 Å². The Hall–Kier alpha value is -1.49. The van der Waals surface area contributed by atoms with Crippen LogP contribution < -0.4 is 5.32 Å². The minimum absolute atomic E-state index is 0.0290. The molecule has 0 aromatic heterocycles. The van der Waals surface area contributed by atoms with E-state index in [1.54, 1.807) is 4.90 Å². The second-order valence-corrected chi connectivity index (χ2v) is 7.58. The van der Waals surface area contributed by atoms with Crippen LogP contribution in [0.15, 0.2) is 24.3 Å². The van der Waals surface area contributed by atoms with Gasteiger partial charge < -0.3 is 10.2 Å². The van der Waals surface area contributed by atoms with Crippen molar-refractivity contribution < 1.29 is 9.59 Å². The molecule has 2 amide bonds. The average Bonchev–Trinajstić information content (AvgIpc) is 3.16. The van der Waals surface area contributed by atoms with Crippen molar-refractivity contribution in [2.45, 2.75) is 56.9 Å². The Morgan fingerprint density at radius 2 is 1.76 bits per heavy atom. The molecule has 1 saturated heterocycles. The maximum atomic E-state index is 12.9. The number of benzene rings is 1. The third-order valence-electron chi connectivity index (χ3n) is 5.46. The fraction of sp³-hybridized carbons (Fsp3) is 0.600. The first-order chi connectivity index (χ1) is 12.2. The normalized spacial score (nSPS) is 21.3. The number of amides is 2. The predicted octanol–water partition coefficient (Wildman–Crippen LogP) is 3.38. The first-order valence-corrected chi connectivity index (χ1v) is 10.1. The number of rotatable bonds is 5. The molecule has 2 fully saturated rings. The van der Waals surface area contributed by atoms with Crippen molar-refractivity contribution in [3.8, 4) is 0 Å². The number of carbonyl (C=O) groups excluding carboxylic acids is 2. The van der Waals surface area contributed by atoms with Gasteiger partial charge in [-0.05, 0) is 49.3 Å². The lowest BCUT2D eigenvalue weighted by atomic mass is 9.84. The van der Waals surface area contributed by atoms with Crippen LogP contribution in [0.3, 0.4) is 0 Å². The first kappa shape index (κ1) is 18.3. The van der Waals surface area contributed by atoms with Crippen LogP contribution in [0.4, 0.5) is 0 Å². The van der Waals surface area contributed by atoms with Crippen molar-refractivity contribution in [3.05, 3.63) is 35.4 Å². The number of likely N-dealkylation sites (tertiary alicyclic amines) is 1. The molecule has 1 heterocycles. The zero-order valence-corrected chi connectivity index (χ0v) is 15.6. The van der Waals surface area contributed by atoms with E-state index in [1.165, 1.54) is 37.7 Å². The van der Waals surface area contributed by atoms with Gasteiger partial charge >= 0.3 is 0 Å². The first-order valence-electron chi connectivity index (χ1n) is 9.50. The molecule has 1 aromatic carbocycles. The molecule has 3 rings (SSSR count). The molecule has 0 radical (unpaired) electrons. The molecule has 1 aliphatic heterocycles. The molecular formula is C20H28N2O2S. The maximum Gasteiger partial charge on any atom is 0.254 e. The number of carbonyl (C=O) groups is 2. The molecule has 1 saturated carbocycles. The number of nitrogens with zero attached hydrogens (tertiary/aromatic N) is 1. The molecule has 25 heavy (non-hydrogen) atoms. The molecule has 1 N–H and O–H groups in total. The molecule has 0 unspecified atom stereocenters. The van der Waals surface area contributed by atoms with Gasteiger partial charge in [0.1, 0.15) is 6.04 Å². The summed E-state index contributed by atoms with van der Waals surface area (Å²) in [5.41, 5.74) is 2.04. The third kappa shape index (κ3) is 4.38. The number of hydrogen-bond donors (Lipinski definition) is 2. The minimum atomic E-state index is -0.342. The summed E-state index contributed by atoms with van der Waals surface area (Å²) in [5, 5.41) is 2.85. The molecular weight excluding hydrogens is 332 g/mol. The molecule has 136 valence electrons. The summed E-state index contributed by atoms with van der Waals surface area (Å²) >= 11 is 4.12. The predicted molar refractivity (Wildman–Crippen MR) is 103 cm³/mol. The Morgan fingerprint density at radius 3 is 2.44 bits per heavy atom. The second kappa shape index (κ2) is 8.75. The largest absolute Gasteiger partial charge is 0.353 e. The summed E-state index contributed by atoms with van der Waals surface area (Å²) in [7, 11) is 0. The molecule has 1 atom stereocenters. The average molecular weight is 361 g/mol. The number of thiol groups is 1. The number of nitrogens with one attached hydrogen (secondary N) is 1. The van der Waals surface area contributed by atoms with E-state index in [0.717, 1.165) is 12.8 Å². The van der Waals surface area contributed by atoms with Crippen molar-refractivity contribution >= 4 is 24.4 Å². The lowest BCUT2D eigenvalue weighted by molar-refractivity contribution is -0.124. The molecule has 1 aliphatic carbocycles. The molecule has 2 aliphatic rings. The summed E-state index contributed by atoms with van der Waals surface area (Å²) in [6, 6.07) is 7.75. The van der Waals surface area contributed by atoms with Crippen molar-refractivity contribution in [2.75, 3.05) is 18.8 Å². The van der Waals surface area contributed by atoms with Gasteiger partial charge in [0.15, 0.2) is 0 Å². The van der Waals surface area contributed by atoms with Crippen molar-refractivity contribution in [3.63, 3.8) is 0 Å². The summed E-state index contributed by atoms with van der Waals surface area (Å²) in [6.07, 6.45) is 8.10. The van der Waals surface area contributed by atoms with Crippen LogP contribution in [0.2, 0.25) is 0 Å². The zero-order valence-electron chi connectivity index (χ0n) is 14.7. The van der Waals surface area contributed by atoms with Crippen LogP contribution in [0.1, 0.15) is 66.8 Å². The van der Waals surface area contributed by atoms with Gasteiger partial charge in [0.05, 0.1) is 0 Å². The van der Waals surface area contributed by atoms with Crippen molar-refractivity contribution in [1.82, 2.24) is 10.2 Å². The minimum Gasteiger partial charge on any atom is -0.353 e. The fourth-order valence-electron chi connectivity index (χ4n) is 4.08. The Labute approximate surface area is 155 Å². The Bertz CT molecular complexity index is 596. The van der Waals surface area contributed by atoms with E-state index >= 15 is 0 Å². The standard InChI is InChI=1S/C20H28N2O2S/c23-19(21-12-14-25)18-7-4-13-22(18)20(24)17-10-8-16(9-11-17)15-5-2-1-3-6-15/h8-11,15,18,25H,1-7,12-14H2,(H,21,23)/t18-/m1/s1. The molecule has 0 bridgehead atoms. The molecule has 5 heteroatoms. The van der Waals surface area contributed by atoms with Gasteiger partial charge in [-0.15, -0.1) is 0 Å². The van der Waals surface area contributed by atoms with Crippen LogP contribution in [-0.4, -0.2) is 41.6 Å². The Kier molecular flexibility index (Phi) is 6.40. The van der Waals surface area contributed by atoms with E-state index in [0.29, 0.717) is 30.3 Å². The smallest absolute Gasteiger partial charge is 0.254 e. The lowest BCUT2D eigenvalue weighted by Gasteiger charge is -2.25. The lowest BCUT2D eigenvalue weighted by Crippen LogP contribution is -2.46. The SMILES string of the molecule is O=C(NCCS)[C@H]1CCCN1C(=O)c1ccc(C2CCCCC2)cc1. The van der Waals surface area contributed by atoms with E-state index in [-0.39, 0.29) is 17.9 Å². The van der Waals surface area contributed by atoms with Crippen molar-refractivity contribution in [2.24, 2.45) is 0 Å². The van der Waals surface area contributed by atoms with E-state index in [2.05, 4.69) is 30.1 Å². The maximum absolute atomic E-state index is 12.9. The van der Waals surface area contributed by atoms with Crippen LogP contribution in [0, 0.1) is 0 Å². The van der Waals surface area contributed by atoms with Gasteiger partial charge in [-0.25, -0.2) is 0 Å². The summed E-state index contributed by atoms with van der Waals surface area (Å²) in [5.74, 6) is 1.16. The monoisotopic (exact) mass is 360 g/mol. The summed E-state index contributed by atoms with van der Waals surface area (Å²) in [4.78, 5) is 26.9. The molecule has 1 aromatic rings. The molecule has 0 spiro atoms. The van der Waals surface area contributed by atoms with Crippen LogP contribution in [0.5, 0.6) is 0 Å². The van der Waals surface area contributed by atoms with Gasteiger partial charge in [-0.3, -0.25) is 9.59 Å². The summed E-state index contributed by atoms with van der Waals surface area (Å²) in [6.45, 7) is 1.19. The van der Waals surface area contributed by atoms with E-state index in [1.807, 2.05) is 12.1 Å². The van der Waals surface area contributed by atoms with Gasteiger partial charge in [-0.2, -0.15) is 12.6 Å².